The number of aliphatic carboxylic acids is 1. The Balaban J connectivity index is 0.000000324. The van der Waals surface area contributed by atoms with Gasteiger partial charge in [0.2, 0.25) is 0 Å². The molecule has 0 radical (unpaired) electrons. The zero-order valence-corrected chi connectivity index (χ0v) is 13.7. The first-order valence-electron chi connectivity index (χ1n) is 8.05. The Morgan fingerprint density at radius 2 is 1.92 bits per heavy atom. The highest BCUT2D eigenvalue weighted by atomic mass is 16.4. The summed E-state index contributed by atoms with van der Waals surface area (Å²) >= 11 is 0. The molecule has 1 aliphatic rings. The summed E-state index contributed by atoms with van der Waals surface area (Å²) in [5.74, 6) is 0.311. The van der Waals surface area contributed by atoms with Crippen molar-refractivity contribution in [3.05, 3.63) is 67.0 Å². The number of hydrogen-bond acceptors (Lipinski definition) is 4. The average molecular weight is 333 g/mol. The van der Waals surface area contributed by atoms with Gasteiger partial charge in [0.15, 0.2) is 0 Å². The molecule has 5 nitrogen and oxygen atoms in total. The van der Waals surface area contributed by atoms with Crippen LogP contribution in [0, 0.1) is 0 Å². The smallest absolute Gasteiger partial charge is 0.327 e. The van der Waals surface area contributed by atoms with Crippen molar-refractivity contribution in [2.75, 3.05) is 5.73 Å². The van der Waals surface area contributed by atoms with E-state index in [1.54, 1.807) is 0 Å². The number of fused-ring (bicyclic) bond motifs is 1. The fourth-order valence-electron chi connectivity index (χ4n) is 2.75. The third kappa shape index (κ3) is 3.83. The molecule has 126 valence electrons. The molecule has 2 aromatic carbocycles. The van der Waals surface area contributed by atoms with Crippen molar-refractivity contribution in [2.45, 2.75) is 18.8 Å². The maximum atomic E-state index is 9.25. The topological polar surface area (TPSA) is 89.1 Å². The molecule has 25 heavy (non-hydrogen) atoms. The number of hydrogen-bond donors (Lipinski definition) is 2. The number of nitrogen functional groups attached to an aromatic ring is 1. The van der Waals surface area contributed by atoms with Crippen molar-refractivity contribution in [3.63, 3.8) is 0 Å². The standard InChI is InChI=1S/C17H15N3.C3H4O2/c18-17-16-14(5-2-6-15(16)19-10-20-17)13-4-1-3-12(9-13)11-7-8-11;1-2-3(4)5/h1-6,9-11H,7-8H2,(H2,18,19,20);2H,1H2,(H,4,5). The molecular formula is C20H19N3O2. The van der Waals surface area contributed by atoms with E-state index in [0.717, 1.165) is 28.5 Å². The Labute approximate surface area is 145 Å². The van der Waals surface area contributed by atoms with E-state index in [1.807, 2.05) is 12.1 Å². The zero-order valence-electron chi connectivity index (χ0n) is 13.7. The second-order valence-corrected chi connectivity index (χ2v) is 5.90. The van der Waals surface area contributed by atoms with Gasteiger partial charge in [0, 0.05) is 6.08 Å². The largest absolute Gasteiger partial charge is 0.478 e. The molecule has 3 N–H and O–H groups in total. The predicted octanol–water partition coefficient (Wildman–Crippen LogP) is 4.01. The van der Waals surface area contributed by atoms with Crippen molar-refractivity contribution >= 4 is 22.7 Å². The molecule has 0 bridgehead atoms. The maximum absolute atomic E-state index is 9.25. The van der Waals surface area contributed by atoms with Gasteiger partial charge in [-0.25, -0.2) is 14.8 Å². The minimum atomic E-state index is -0.981. The summed E-state index contributed by atoms with van der Waals surface area (Å²) in [6, 6.07) is 14.8. The lowest BCUT2D eigenvalue weighted by Crippen LogP contribution is -1.95. The van der Waals surface area contributed by atoms with Crippen LogP contribution in [-0.2, 0) is 4.79 Å². The van der Waals surface area contributed by atoms with Crippen LogP contribution in [0.25, 0.3) is 22.0 Å². The number of nitrogens with zero attached hydrogens (tertiary/aromatic N) is 2. The highest BCUT2D eigenvalue weighted by molar-refractivity contribution is 6.00. The first kappa shape index (κ1) is 16.6. The first-order valence-corrected chi connectivity index (χ1v) is 8.05. The monoisotopic (exact) mass is 333 g/mol. The van der Waals surface area contributed by atoms with Gasteiger partial charge < -0.3 is 10.8 Å². The summed E-state index contributed by atoms with van der Waals surface area (Å²) in [6.07, 6.45) is 4.97. The number of anilines is 1. The van der Waals surface area contributed by atoms with Gasteiger partial charge in [-0.1, -0.05) is 43.0 Å². The minimum absolute atomic E-state index is 0.544. The second-order valence-electron chi connectivity index (χ2n) is 5.90. The Hall–Kier alpha value is -3.21. The van der Waals surface area contributed by atoms with Gasteiger partial charge >= 0.3 is 5.97 Å². The summed E-state index contributed by atoms with van der Waals surface area (Å²) in [6.45, 7) is 2.96. The Kier molecular flexibility index (Phi) is 4.75. The van der Waals surface area contributed by atoms with Crippen LogP contribution >= 0.6 is 0 Å². The lowest BCUT2D eigenvalue weighted by molar-refractivity contribution is -0.131. The fraction of sp³-hybridized carbons (Fsp3) is 0.150. The number of carboxylic acid groups (broad SMARTS) is 1. The molecule has 3 aromatic rings. The molecular weight excluding hydrogens is 314 g/mol. The molecule has 0 atom stereocenters. The van der Waals surface area contributed by atoms with Gasteiger partial charge in [-0.3, -0.25) is 0 Å². The molecule has 0 unspecified atom stereocenters. The number of benzene rings is 2. The number of carboxylic acids is 1. The normalized spacial score (nSPS) is 13.0. The van der Waals surface area contributed by atoms with E-state index >= 15 is 0 Å². The summed E-state index contributed by atoms with van der Waals surface area (Å²) < 4.78 is 0. The van der Waals surface area contributed by atoms with E-state index in [1.165, 1.54) is 30.3 Å². The van der Waals surface area contributed by atoms with Crippen LogP contribution in [0.4, 0.5) is 5.82 Å². The predicted molar refractivity (Wildman–Crippen MR) is 99.2 cm³/mol. The van der Waals surface area contributed by atoms with Crippen molar-refractivity contribution in [1.82, 2.24) is 9.97 Å². The third-order valence-corrected chi connectivity index (χ3v) is 4.11. The van der Waals surface area contributed by atoms with Crippen LogP contribution in [-0.4, -0.2) is 21.0 Å². The minimum Gasteiger partial charge on any atom is -0.478 e. The van der Waals surface area contributed by atoms with Gasteiger partial charge in [0.05, 0.1) is 10.9 Å². The van der Waals surface area contributed by atoms with Crippen LogP contribution in [0.15, 0.2) is 61.4 Å². The molecule has 1 saturated carbocycles. The fourth-order valence-corrected chi connectivity index (χ4v) is 2.75. The lowest BCUT2D eigenvalue weighted by atomic mass is 9.98. The number of aromatic nitrogens is 2. The number of carbonyl (C=O) groups is 1. The van der Waals surface area contributed by atoms with Crippen molar-refractivity contribution in [3.8, 4) is 11.1 Å². The van der Waals surface area contributed by atoms with Crippen molar-refractivity contribution in [2.24, 2.45) is 0 Å². The molecule has 5 heteroatoms. The van der Waals surface area contributed by atoms with Gasteiger partial charge in [0.1, 0.15) is 12.1 Å². The number of rotatable bonds is 3. The van der Waals surface area contributed by atoms with Crippen LogP contribution < -0.4 is 5.73 Å². The lowest BCUT2D eigenvalue weighted by Gasteiger charge is -2.09. The molecule has 0 spiro atoms. The molecule has 4 rings (SSSR count). The summed E-state index contributed by atoms with van der Waals surface area (Å²) in [4.78, 5) is 17.7. The van der Waals surface area contributed by atoms with Gasteiger partial charge in [-0.2, -0.15) is 0 Å². The van der Waals surface area contributed by atoms with Gasteiger partial charge in [0.25, 0.3) is 0 Å². The first-order chi connectivity index (χ1) is 12.1. The summed E-state index contributed by atoms with van der Waals surface area (Å²) in [7, 11) is 0. The van der Waals surface area contributed by atoms with Crippen LogP contribution in [0.5, 0.6) is 0 Å². The van der Waals surface area contributed by atoms with E-state index in [4.69, 9.17) is 10.8 Å². The highest BCUT2D eigenvalue weighted by Gasteiger charge is 2.23. The quantitative estimate of drug-likeness (QED) is 0.707. The highest BCUT2D eigenvalue weighted by Crippen LogP contribution is 2.41. The van der Waals surface area contributed by atoms with E-state index in [2.05, 4.69) is 46.9 Å². The van der Waals surface area contributed by atoms with Crippen molar-refractivity contribution in [1.29, 1.82) is 0 Å². The van der Waals surface area contributed by atoms with Gasteiger partial charge in [-0.05, 0) is 41.5 Å². The molecule has 1 heterocycles. The average Bonchev–Trinajstić information content (AvgIpc) is 3.47. The third-order valence-electron chi connectivity index (χ3n) is 4.11. The van der Waals surface area contributed by atoms with Crippen LogP contribution in [0.2, 0.25) is 0 Å². The maximum Gasteiger partial charge on any atom is 0.327 e. The summed E-state index contributed by atoms with van der Waals surface area (Å²) in [5.41, 5.74) is 10.7. The Morgan fingerprint density at radius 1 is 1.20 bits per heavy atom. The zero-order chi connectivity index (χ0) is 17.8. The van der Waals surface area contributed by atoms with E-state index in [-0.39, 0.29) is 0 Å². The Bertz CT molecular complexity index is 928. The van der Waals surface area contributed by atoms with Crippen molar-refractivity contribution < 1.29 is 9.90 Å². The van der Waals surface area contributed by atoms with E-state index in [0.29, 0.717) is 5.82 Å². The molecule has 1 aromatic heterocycles. The molecule has 0 amide bonds. The van der Waals surface area contributed by atoms with Crippen LogP contribution in [0.3, 0.4) is 0 Å². The van der Waals surface area contributed by atoms with Crippen LogP contribution in [0.1, 0.15) is 24.3 Å². The number of nitrogens with two attached hydrogens (primary N) is 1. The molecule has 1 fully saturated rings. The van der Waals surface area contributed by atoms with E-state index in [9.17, 15) is 4.79 Å². The van der Waals surface area contributed by atoms with Gasteiger partial charge in [-0.15, -0.1) is 0 Å². The van der Waals surface area contributed by atoms with E-state index < -0.39 is 5.97 Å². The Morgan fingerprint density at radius 3 is 2.60 bits per heavy atom. The molecule has 0 aliphatic heterocycles. The molecule has 0 saturated heterocycles. The summed E-state index contributed by atoms with van der Waals surface area (Å²) in [5, 5.41) is 8.55. The molecule has 1 aliphatic carbocycles. The second kappa shape index (κ2) is 7.13. The SMILES string of the molecule is C=CC(=O)O.Nc1ncnc2cccc(-c3cccc(C4CC4)c3)c12.